The normalized spacial score (nSPS) is 21.0. The Balaban J connectivity index is 0.00000220. The molecule has 0 unspecified atom stereocenters. The van der Waals surface area contributed by atoms with E-state index in [1.165, 1.54) is 12.7 Å². The SMILES string of the molecule is COC(=O)[C@@H]1C[C@H](Oc2ccc(C(C)C)cc2Cl)CN1.Cl. The summed E-state index contributed by atoms with van der Waals surface area (Å²) >= 11 is 6.24. The van der Waals surface area contributed by atoms with Gasteiger partial charge >= 0.3 is 5.97 Å². The first-order chi connectivity index (χ1) is 9.51. The first-order valence-electron chi connectivity index (χ1n) is 6.78. The van der Waals surface area contributed by atoms with Gasteiger partial charge in [0.25, 0.3) is 0 Å². The maximum absolute atomic E-state index is 11.4. The molecule has 0 radical (unpaired) electrons. The molecule has 1 fully saturated rings. The van der Waals surface area contributed by atoms with Gasteiger partial charge in [-0.25, -0.2) is 0 Å². The van der Waals surface area contributed by atoms with Gasteiger partial charge in [-0.05, 0) is 23.6 Å². The first kappa shape index (κ1) is 18.1. The molecule has 0 bridgehead atoms. The van der Waals surface area contributed by atoms with Crippen LogP contribution in [0.3, 0.4) is 0 Å². The molecule has 0 amide bonds. The number of rotatable bonds is 4. The van der Waals surface area contributed by atoms with Crippen LogP contribution in [0.15, 0.2) is 18.2 Å². The molecule has 118 valence electrons. The van der Waals surface area contributed by atoms with Crippen molar-refractivity contribution in [1.82, 2.24) is 5.32 Å². The summed E-state index contributed by atoms with van der Waals surface area (Å²) in [7, 11) is 1.39. The van der Waals surface area contributed by atoms with Crippen LogP contribution in [0.25, 0.3) is 0 Å². The summed E-state index contributed by atoms with van der Waals surface area (Å²) in [5, 5.41) is 3.69. The molecule has 1 N–H and O–H groups in total. The number of carbonyl (C=O) groups is 1. The molecule has 2 atom stereocenters. The average molecular weight is 334 g/mol. The summed E-state index contributed by atoms with van der Waals surface area (Å²) in [5.74, 6) is 0.837. The van der Waals surface area contributed by atoms with Gasteiger partial charge in [-0.15, -0.1) is 12.4 Å². The van der Waals surface area contributed by atoms with Crippen LogP contribution in [0.5, 0.6) is 5.75 Å². The van der Waals surface area contributed by atoms with E-state index in [0.29, 0.717) is 29.7 Å². The molecule has 1 saturated heterocycles. The standard InChI is InChI=1S/C15H20ClNO3.ClH/c1-9(2)10-4-5-14(12(16)6-10)20-11-7-13(17-8-11)15(18)19-3;/h4-6,9,11,13,17H,7-8H2,1-3H3;1H/t11-,13-;/m0./s1. The van der Waals surface area contributed by atoms with E-state index in [1.54, 1.807) is 0 Å². The first-order valence-corrected chi connectivity index (χ1v) is 7.16. The van der Waals surface area contributed by atoms with Gasteiger partial charge in [-0.3, -0.25) is 4.79 Å². The summed E-state index contributed by atoms with van der Waals surface area (Å²) in [6.07, 6.45) is 0.524. The van der Waals surface area contributed by atoms with Crippen molar-refractivity contribution < 1.29 is 14.3 Å². The molecule has 2 rings (SSSR count). The van der Waals surface area contributed by atoms with E-state index in [0.717, 1.165) is 0 Å². The van der Waals surface area contributed by atoms with E-state index < -0.39 is 0 Å². The summed E-state index contributed by atoms with van der Waals surface area (Å²) in [4.78, 5) is 11.4. The lowest BCUT2D eigenvalue weighted by molar-refractivity contribution is -0.142. The third kappa shape index (κ3) is 4.50. The van der Waals surface area contributed by atoms with E-state index in [4.69, 9.17) is 21.1 Å². The van der Waals surface area contributed by atoms with Crippen molar-refractivity contribution >= 4 is 30.0 Å². The van der Waals surface area contributed by atoms with E-state index in [1.807, 2.05) is 18.2 Å². The van der Waals surface area contributed by atoms with Crippen molar-refractivity contribution in [2.45, 2.75) is 38.3 Å². The minimum Gasteiger partial charge on any atom is -0.487 e. The van der Waals surface area contributed by atoms with Crippen molar-refractivity contribution in [1.29, 1.82) is 0 Å². The second-order valence-corrected chi connectivity index (χ2v) is 5.71. The smallest absolute Gasteiger partial charge is 0.323 e. The predicted molar refractivity (Wildman–Crippen MR) is 85.6 cm³/mol. The molecule has 0 aliphatic carbocycles. The highest BCUT2D eigenvalue weighted by atomic mass is 35.5. The molecule has 21 heavy (non-hydrogen) atoms. The number of esters is 1. The predicted octanol–water partition coefficient (Wildman–Crippen LogP) is 3.17. The highest BCUT2D eigenvalue weighted by molar-refractivity contribution is 6.32. The molecule has 0 saturated carbocycles. The van der Waals surface area contributed by atoms with Crippen molar-refractivity contribution in [3.05, 3.63) is 28.8 Å². The zero-order valence-corrected chi connectivity index (χ0v) is 14.0. The highest BCUT2D eigenvalue weighted by Gasteiger charge is 2.31. The summed E-state index contributed by atoms with van der Waals surface area (Å²) in [5.41, 5.74) is 1.18. The Labute approximate surface area is 136 Å². The van der Waals surface area contributed by atoms with Crippen molar-refractivity contribution in [3.63, 3.8) is 0 Å². The van der Waals surface area contributed by atoms with Gasteiger partial charge in [0.05, 0.1) is 12.1 Å². The lowest BCUT2D eigenvalue weighted by atomic mass is 10.0. The van der Waals surface area contributed by atoms with E-state index >= 15 is 0 Å². The van der Waals surface area contributed by atoms with Crippen LogP contribution in [0, 0.1) is 0 Å². The van der Waals surface area contributed by atoms with Crippen LogP contribution >= 0.6 is 24.0 Å². The summed E-state index contributed by atoms with van der Waals surface area (Å²) in [6, 6.07) is 5.55. The number of carbonyl (C=O) groups excluding carboxylic acids is 1. The number of hydrogen-bond acceptors (Lipinski definition) is 4. The van der Waals surface area contributed by atoms with E-state index in [2.05, 4.69) is 19.2 Å². The Hall–Kier alpha value is -0.970. The zero-order valence-electron chi connectivity index (χ0n) is 12.4. The number of benzene rings is 1. The van der Waals surface area contributed by atoms with Gasteiger partial charge in [-0.1, -0.05) is 31.5 Å². The fourth-order valence-electron chi connectivity index (χ4n) is 2.27. The average Bonchev–Trinajstić information content (AvgIpc) is 2.88. The van der Waals surface area contributed by atoms with E-state index in [-0.39, 0.29) is 30.5 Å². The number of ether oxygens (including phenoxy) is 2. The Morgan fingerprint density at radius 3 is 2.71 bits per heavy atom. The Morgan fingerprint density at radius 1 is 1.43 bits per heavy atom. The molecule has 1 heterocycles. The third-order valence-corrected chi connectivity index (χ3v) is 3.79. The van der Waals surface area contributed by atoms with Crippen molar-refractivity contribution in [2.24, 2.45) is 0 Å². The topological polar surface area (TPSA) is 47.6 Å². The van der Waals surface area contributed by atoms with Crippen molar-refractivity contribution in [2.75, 3.05) is 13.7 Å². The molecular formula is C15H21Cl2NO3. The van der Waals surface area contributed by atoms with Crippen LogP contribution in [0.1, 0.15) is 31.7 Å². The maximum atomic E-state index is 11.4. The second kappa shape index (κ2) is 7.87. The van der Waals surface area contributed by atoms with Crippen LogP contribution in [0.4, 0.5) is 0 Å². The zero-order chi connectivity index (χ0) is 14.7. The molecule has 1 aromatic carbocycles. The minimum absolute atomic E-state index is 0. The highest BCUT2D eigenvalue weighted by Crippen LogP contribution is 2.30. The van der Waals surface area contributed by atoms with Gasteiger partial charge in [0.15, 0.2) is 0 Å². The summed E-state index contributed by atoms with van der Waals surface area (Å²) in [6.45, 7) is 4.85. The van der Waals surface area contributed by atoms with Crippen LogP contribution in [-0.2, 0) is 9.53 Å². The maximum Gasteiger partial charge on any atom is 0.323 e. The molecule has 6 heteroatoms. The van der Waals surface area contributed by atoms with Crippen LogP contribution in [0.2, 0.25) is 5.02 Å². The molecule has 0 aromatic heterocycles. The van der Waals surface area contributed by atoms with Crippen LogP contribution < -0.4 is 10.1 Å². The van der Waals surface area contributed by atoms with Gasteiger partial charge in [0.2, 0.25) is 0 Å². The number of hydrogen-bond donors (Lipinski definition) is 1. The fourth-order valence-corrected chi connectivity index (χ4v) is 2.50. The second-order valence-electron chi connectivity index (χ2n) is 5.30. The molecule has 4 nitrogen and oxygen atoms in total. The Bertz CT molecular complexity index is 494. The van der Waals surface area contributed by atoms with Gasteiger partial charge in [0.1, 0.15) is 17.9 Å². The van der Waals surface area contributed by atoms with Gasteiger partial charge in [0, 0.05) is 13.0 Å². The summed E-state index contributed by atoms with van der Waals surface area (Å²) < 4.78 is 10.6. The lowest BCUT2D eigenvalue weighted by Gasteiger charge is -2.15. The molecule has 1 aliphatic heterocycles. The molecular weight excluding hydrogens is 313 g/mol. The van der Waals surface area contributed by atoms with Crippen molar-refractivity contribution in [3.8, 4) is 5.75 Å². The van der Waals surface area contributed by atoms with E-state index in [9.17, 15) is 4.79 Å². The third-order valence-electron chi connectivity index (χ3n) is 3.49. The quantitative estimate of drug-likeness (QED) is 0.860. The molecule has 1 aliphatic rings. The Morgan fingerprint density at radius 2 is 2.14 bits per heavy atom. The minimum atomic E-state index is -0.293. The number of nitrogens with one attached hydrogen (secondary N) is 1. The molecule has 0 spiro atoms. The van der Waals surface area contributed by atoms with Gasteiger partial charge in [-0.2, -0.15) is 0 Å². The lowest BCUT2D eigenvalue weighted by Crippen LogP contribution is -2.31. The number of halogens is 2. The number of methoxy groups -OCH3 is 1. The molecule has 1 aromatic rings. The monoisotopic (exact) mass is 333 g/mol. The van der Waals surface area contributed by atoms with Gasteiger partial charge < -0.3 is 14.8 Å². The largest absolute Gasteiger partial charge is 0.487 e. The Kier molecular flexibility index (Phi) is 6.78. The van der Waals surface area contributed by atoms with Crippen LogP contribution in [-0.4, -0.2) is 31.8 Å². The fraction of sp³-hybridized carbons (Fsp3) is 0.533.